The number of carbonyl (C=O) groups is 3. The zero-order chi connectivity index (χ0) is 35.1. The van der Waals surface area contributed by atoms with Crippen LogP contribution in [-0.4, -0.2) is 68.6 Å². The van der Waals surface area contributed by atoms with Gasteiger partial charge in [0.15, 0.2) is 5.78 Å². The van der Waals surface area contributed by atoms with Crippen LogP contribution in [0.2, 0.25) is 0 Å². The summed E-state index contributed by atoms with van der Waals surface area (Å²) in [7, 11) is -0.784. The topological polar surface area (TPSA) is 104 Å². The number of hydrogen-bond donors (Lipinski definition) is 2. The molecule has 3 saturated carbocycles. The first-order chi connectivity index (χ1) is 23.1. The van der Waals surface area contributed by atoms with Crippen molar-refractivity contribution in [3.63, 3.8) is 0 Å². The Morgan fingerprint density at radius 1 is 0.959 bits per heavy atom. The molecule has 2 N–H and O–H groups in total. The minimum atomic E-state index is -0.893. The van der Waals surface area contributed by atoms with Crippen LogP contribution in [0.1, 0.15) is 109 Å². The molecule has 1 aromatic carbocycles. The highest BCUT2D eigenvalue weighted by Gasteiger charge is 2.65. The normalized spacial score (nSPS) is 37.5. The molecule has 0 bridgehead atoms. The highest BCUT2D eigenvalue weighted by molar-refractivity contribution is 7.85. The zero-order valence-corrected chi connectivity index (χ0v) is 31.2. The van der Waals surface area contributed by atoms with Crippen molar-refractivity contribution in [1.82, 2.24) is 10.2 Å². The van der Waals surface area contributed by atoms with Crippen LogP contribution in [0.25, 0.3) is 5.57 Å². The molecule has 1 aliphatic heterocycles. The molecular formula is C41H56N2O5S. The van der Waals surface area contributed by atoms with Crippen molar-refractivity contribution in [1.29, 1.82) is 0 Å². The minimum Gasteiger partial charge on any atom is -0.478 e. The molecule has 7 unspecified atom stereocenters. The van der Waals surface area contributed by atoms with Gasteiger partial charge in [-0.25, -0.2) is 4.79 Å². The number of rotatable bonds is 6. The number of fused-ring (bicyclic) bond motifs is 7. The van der Waals surface area contributed by atoms with Gasteiger partial charge in [0.05, 0.1) is 17.6 Å². The molecule has 266 valence electrons. The van der Waals surface area contributed by atoms with Crippen molar-refractivity contribution in [3.05, 3.63) is 52.6 Å². The van der Waals surface area contributed by atoms with E-state index in [1.165, 1.54) is 17.6 Å². The number of benzene rings is 1. The highest BCUT2D eigenvalue weighted by atomic mass is 32.2. The van der Waals surface area contributed by atoms with Crippen LogP contribution in [-0.2, 0) is 20.4 Å². The van der Waals surface area contributed by atoms with Crippen LogP contribution in [0.15, 0.2) is 41.5 Å². The second kappa shape index (κ2) is 12.3. The fourth-order valence-corrected chi connectivity index (χ4v) is 13.8. The van der Waals surface area contributed by atoms with Gasteiger partial charge in [-0.2, -0.15) is 0 Å². The third-order valence-electron chi connectivity index (χ3n) is 14.6. The van der Waals surface area contributed by atoms with E-state index in [1.807, 2.05) is 12.1 Å². The van der Waals surface area contributed by atoms with Crippen LogP contribution in [0.4, 0.5) is 0 Å². The molecule has 1 saturated heterocycles. The number of carboxylic acids is 1. The molecule has 1 aromatic rings. The molecule has 1 heterocycles. The van der Waals surface area contributed by atoms with E-state index in [9.17, 15) is 23.7 Å². The van der Waals surface area contributed by atoms with Crippen LogP contribution >= 0.6 is 0 Å². The first-order valence-electron chi connectivity index (χ1n) is 18.8. The number of amides is 1. The lowest BCUT2D eigenvalue weighted by Gasteiger charge is -2.68. The highest BCUT2D eigenvalue weighted by Crippen LogP contribution is 2.72. The van der Waals surface area contributed by atoms with Gasteiger partial charge in [-0.05, 0) is 125 Å². The summed E-state index contributed by atoms with van der Waals surface area (Å²) >= 11 is 0. The fraction of sp³-hybridized carbons (Fsp3) is 0.683. The molecule has 6 aliphatic rings. The lowest BCUT2D eigenvalue weighted by Crippen LogP contribution is -2.62. The molecule has 5 aliphatic carbocycles. The van der Waals surface area contributed by atoms with Gasteiger partial charge in [-0.15, -0.1) is 0 Å². The maximum absolute atomic E-state index is 13.9. The van der Waals surface area contributed by atoms with Gasteiger partial charge in [0.25, 0.3) is 0 Å². The second-order valence-corrected chi connectivity index (χ2v) is 19.4. The van der Waals surface area contributed by atoms with E-state index < -0.39 is 22.3 Å². The molecule has 0 spiro atoms. The standard InChI is InChI=1S/C41H56N2O5S/c1-25(2)35-31(44)23-41(42-34(45)24-43-19-21-49(48)22-20-43)18-14-30-28(36(35)41)11-12-33-39(30,5)17-15-32-38(3,4)29(13-16-40(32,33)6)26-7-9-27(10-8-26)37(46)47/h7-10,13,25,28,30,32-33H,11-12,14-24H2,1-6H3,(H,42,45)(H,46,47). The van der Waals surface area contributed by atoms with E-state index in [0.29, 0.717) is 66.8 Å². The Kier molecular flexibility index (Phi) is 8.74. The number of hydrogen-bond acceptors (Lipinski definition) is 5. The van der Waals surface area contributed by atoms with Crippen molar-refractivity contribution >= 4 is 34.0 Å². The Bertz CT molecular complexity index is 1630. The Labute approximate surface area is 295 Å². The number of ketones is 1. The van der Waals surface area contributed by atoms with Gasteiger partial charge in [-0.3, -0.25) is 18.7 Å². The number of allylic oxidation sites excluding steroid dienone is 3. The number of nitrogens with one attached hydrogen (secondary N) is 1. The third kappa shape index (κ3) is 5.53. The van der Waals surface area contributed by atoms with E-state index in [2.05, 4.69) is 57.8 Å². The van der Waals surface area contributed by atoms with Crippen LogP contribution in [0.3, 0.4) is 0 Å². The molecule has 4 fully saturated rings. The van der Waals surface area contributed by atoms with Gasteiger partial charge in [0.2, 0.25) is 5.91 Å². The van der Waals surface area contributed by atoms with E-state index in [-0.39, 0.29) is 33.9 Å². The molecule has 0 aromatic heterocycles. The molecule has 49 heavy (non-hydrogen) atoms. The molecule has 7 atom stereocenters. The minimum absolute atomic E-state index is 0.000941. The first kappa shape index (κ1) is 34.9. The van der Waals surface area contributed by atoms with E-state index in [1.54, 1.807) is 12.1 Å². The molecular weight excluding hydrogens is 633 g/mol. The summed E-state index contributed by atoms with van der Waals surface area (Å²) in [6.45, 7) is 15.9. The summed E-state index contributed by atoms with van der Waals surface area (Å²) in [4.78, 5) is 41.2. The van der Waals surface area contributed by atoms with Crippen molar-refractivity contribution < 1.29 is 23.7 Å². The maximum atomic E-state index is 13.9. The molecule has 7 nitrogen and oxygen atoms in total. The lowest BCUT2D eigenvalue weighted by atomic mass is 9.37. The molecule has 0 radical (unpaired) electrons. The molecule has 7 rings (SSSR count). The number of aromatic carboxylic acids is 1. The van der Waals surface area contributed by atoms with Gasteiger partial charge < -0.3 is 10.4 Å². The average Bonchev–Trinajstić information content (AvgIpc) is 3.33. The smallest absolute Gasteiger partial charge is 0.335 e. The quantitative estimate of drug-likeness (QED) is 0.337. The summed E-state index contributed by atoms with van der Waals surface area (Å²) < 4.78 is 11.9. The van der Waals surface area contributed by atoms with Crippen LogP contribution in [0.5, 0.6) is 0 Å². The monoisotopic (exact) mass is 688 g/mol. The summed E-state index contributed by atoms with van der Waals surface area (Å²) in [5, 5.41) is 13.0. The van der Waals surface area contributed by atoms with E-state index >= 15 is 0 Å². The predicted octanol–water partition coefficient (Wildman–Crippen LogP) is 6.90. The fourth-order valence-electron chi connectivity index (χ4n) is 12.7. The summed E-state index contributed by atoms with van der Waals surface area (Å²) in [6, 6.07) is 7.45. The lowest BCUT2D eigenvalue weighted by molar-refractivity contribution is -0.154. The Hall–Kier alpha value is -2.58. The second-order valence-electron chi connectivity index (χ2n) is 17.7. The Morgan fingerprint density at radius 3 is 2.31 bits per heavy atom. The largest absolute Gasteiger partial charge is 0.478 e. The van der Waals surface area contributed by atoms with E-state index in [4.69, 9.17) is 0 Å². The average molecular weight is 689 g/mol. The van der Waals surface area contributed by atoms with Crippen molar-refractivity contribution in [2.75, 3.05) is 31.1 Å². The van der Waals surface area contributed by atoms with Gasteiger partial charge in [0, 0.05) is 41.8 Å². The maximum Gasteiger partial charge on any atom is 0.335 e. The zero-order valence-electron chi connectivity index (χ0n) is 30.4. The number of nitrogens with zero attached hydrogens (tertiary/aromatic N) is 1. The summed E-state index contributed by atoms with van der Waals surface area (Å²) in [6.07, 6.45) is 10.3. The van der Waals surface area contributed by atoms with Crippen molar-refractivity contribution in [2.24, 2.45) is 45.8 Å². The van der Waals surface area contributed by atoms with Crippen LogP contribution in [0, 0.1) is 45.8 Å². The van der Waals surface area contributed by atoms with Gasteiger partial charge in [0.1, 0.15) is 0 Å². The van der Waals surface area contributed by atoms with E-state index in [0.717, 1.165) is 49.7 Å². The number of Topliss-reactive ketones (excluding diaryl/α,β-unsaturated/α-hetero) is 1. The third-order valence-corrected chi connectivity index (χ3v) is 15.9. The Morgan fingerprint density at radius 2 is 1.65 bits per heavy atom. The molecule has 8 heteroatoms. The summed E-state index contributed by atoms with van der Waals surface area (Å²) in [5.41, 5.74) is 4.75. The van der Waals surface area contributed by atoms with Gasteiger partial charge in [-0.1, -0.05) is 59.8 Å². The summed E-state index contributed by atoms with van der Waals surface area (Å²) in [5.74, 6) is 2.59. The predicted molar refractivity (Wildman–Crippen MR) is 194 cm³/mol. The Balaban J connectivity index is 1.17. The van der Waals surface area contributed by atoms with Crippen molar-refractivity contribution in [2.45, 2.75) is 98.4 Å². The van der Waals surface area contributed by atoms with Gasteiger partial charge >= 0.3 is 5.97 Å². The van der Waals surface area contributed by atoms with Crippen molar-refractivity contribution in [3.8, 4) is 0 Å². The number of carbonyl (C=O) groups excluding carboxylic acids is 2. The van der Waals surface area contributed by atoms with Crippen LogP contribution < -0.4 is 5.32 Å². The number of carboxylic acid groups (broad SMARTS) is 1. The SMILES string of the molecule is CC(C)C1=C2C3CCC4C(C)(CCC5C(C)(C)C(c6ccc(C(=O)O)cc6)=CCC54C)C3CCC2(NC(=O)CN2CCS(=O)CC2)CC1=O. The molecule has 1 amide bonds. The first-order valence-corrected chi connectivity index (χ1v) is 20.3.